The van der Waals surface area contributed by atoms with E-state index in [9.17, 15) is 0 Å². The van der Waals surface area contributed by atoms with Gasteiger partial charge in [-0.05, 0) is 13.0 Å². The molecule has 2 atom stereocenters. The quantitative estimate of drug-likeness (QED) is 0.400. The fourth-order valence-electron chi connectivity index (χ4n) is 0.940. The molecule has 0 unspecified atom stereocenters. The van der Waals surface area contributed by atoms with Gasteiger partial charge in [0.2, 0.25) is 0 Å². The Morgan fingerprint density at radius 1 is 1.62 bits per heavy atom. The molecule has 0 aromatic heterocycles. The average Bonchev–Trinajstić information content (AvgIpc) is 2.14. The van der Waals surface area contributed by atoms with Crippen molar-refractivity contribution in [2.45, 2.75) is 18.6 Å². The molecule has 1 rings (SSSR count). The van der Waals surface area contributed by atoms with Crippen molar-refractivity contribution in [1.82, 2.24) is 5.32 Å². The minimum absolute atomic E-state index is 0.0428. The van der Waals surface area contributed by atoms with E-state index in [2.05, 4.69) is 5.32 Å². The first kappa shape index (κ1) is 6.01. The van der Waals surface area contributed by atoms with Gasteiger partial charge in [-0.1, -0.05) is 0 Å². The zero-order chi connectivity index (χ0) is 5.98. The third-order valence-electron chi connectivity index (χ3n) is 1.51. The van der Waals surface area contributed by atoms with E-state index < -0.39 is 0 Å². The maximum Gasteiger partial charge on any atom is 0.0727 e. The normalized spacial score (nSPS) is 38.2. The van der Waals surface area contributed by atoms with Gasteiger partial charge in [0.25, 0.3) is 0 Å². The SMILES string of the molecule is OC[C@@H]1NCC[C@@H]1O. The first-order valence-electron chi connectivity index (χ1n) is 2.87. The molecule has 0 aromatic rings. The van der Waals surface area contributed by atoms with Crippen molar-refractivity contribution in [1.29, 1.82) is 0 Å². The Bertz CT molecular complexity index is 76.8. The first-order chi connectivity index (χ1) is 3.84. The minimum atomic E-state index is -0.333. The smallest absolute Gasteiger partial charge is 0.0727 e. The van der Waals surface area contributed by atoms with E-state index in [1.54, 1.807) is 0 Å². The Balaban J connectivity index is 2.30. The van der Waals surface area contributed by atoms with Crippen molar-refractivity contribution in [3.63, 3.8) is 0 Å². The highest BCUT2D eigenvalue weighted by Crippen LogP contribution is 2.04. The van der Waals surface area contributed by atoms with Crippen LogP contribution in [0.15, 0.2) is 0 Å². The van der Waals surface area contributed by atoms with Crippen molar-refractivity contribution < 1.29 is 10.2 Å². The number of aliphatic hydroxyl groups is 2. The lowest BCUT2D eigenvalue weighted by molar-refractivity contribution is 0.121. The molecule has 0 bridgehead atoms. The standard InChI is InChI=1S/C5H11NO2/c7-3-4-5(8)1-2-6-4/h4-8H,1-3H2/t4-,5-/m0/s1. The minimum Gasteiger partial charge on any atom is -0.395 e. The van der Waals surface area contributed by atoms with Crippen LogP contribution in [-0.2, 0) is 0 Å². The van der Waals surface area contributed by atoms with Gasteiger partial charge in [0, 0.05) is 0 Å². The lowest BCUT2D eigenvalue weighted by atomic mass is 10.2. The molecule has 1 saturated heterocycles. The molecule has 0 radical (unpaired) electrons. The second-order valence-electron chi connectivity index (χ2n) is 2.10. The van der Waals surface area contributed by atoms with Gasteiger partial charge in [0.05, 0.1) is 18.8 Å². The molecule has 3 nitrogen and oxygen atoms in total. The summed E-state index contributed by atoms with van der Waals surface area (Å²) in [7, 11) is 0. The molecule has 48 valence electrons. The predicted octanol–water partition coefficient (Wildman–Crippen LogP) is -1.30. The Morgan fingerprint density at radius 2 is 2.38 bits per heavy atom. The predicted molar refractivity (Wildman–Crippen MR) is 29.5 cm³/mol. The molecule has 0 aromatic carbocycles. The number of nitrogens with one attached hydrogen (secondary N) is 1. The van der Waals surface area contributed by atoms with Crippen LogP contribution in [-0.4, -0.2) is 35.5 Å². The Kier molecular flexibility index (Phi) is 1.83. The molecule has 3 N–H and O–H groups in total. The summed E-state index contributed by atoms with van der Waals surface area (Å²) in [6, 6.07) is -0.0741. The molecular weight excluding hydrogens is 106 g/mol. The van der Waals surface area contributed by atoms with Gasteiger partial charge >= 0.3 is 0 Å². The molecule has 1 fully saturated rings. The number of rotatable bonds is 1. The van der Waals surface area contributed by atoms with Crippen LogP contribution in [0.1, 0.15) is 6.42 Å². The number of hydrogen-bond donors (Lipinski definition) is 3. The number of aliphatic hydroxyl groups excluding tert-OH is 2. The monoisotopic (exact) mass is 117 g/mol. The molecule has 0 saturated carbocycles. The maximum atomic E-state index is 8.97. The van der Waals surface area contributed by atoms with Crippen molar-refractivity contribution in [2.24, 2.45) is 0 Å². The van der Waals surface area contributed by atoms with Crippen LogP contribution in [0.3, 0.4) is 0 Å². The highest BCUT2D eigenvalue weighted by atomic mass is 16.3. The average molecular weight is 117 g/mol. The Morgan fingerprint density at radius 3 is 2.62 bits per heavy atom. The summed E-state index contributed by atoms with van der Waals surface area (Å²) in [6.45, 7) is 0.869. The van der Waals surface area contributed by atoms with E-state index in [0.29, 0.717) is 0 Å². The maximum absolute atomic E-state index is 8.97. The number of hydrogen-bond acceptors (Lipinski definition) is 3. The van der Waals surface area contributed by atoms with Crippen LogP contribution in [0.25, 0.3) is 0 Å². The van der Waals surface area contributed by atoms with E-state index in [0.717, 1.165) is 13.0 Å². The summed E-state index contributed by atoms with van der Waals surface area (Å²) < 4.78 is 0. The lowest BCUT2D eigenvalue weighted by Crippen LogP contribution is -2.33. The summed E-state index contributed by atoms with van der Waals surface area (Å²) in [5, 5.41) is 20.4. The summed E-state index contributed by atoms with van der Waals surface area (Å²) >= 11 is 0. The van der Waals surface area contributed by atoms with Gasteiger partial charge in [0.1, 0.15) is 0 Å². The highest BCUT2D eigenvalue weighted by Gasteiger charge is 2.22. The molecule has 1 heterocycles. The van der Waals surface area contributed by atoms with Crippen molar-refractivity contribution >= 4 is 0 Å². The van der Waals surface area contributed by atoms with Crippen LogP contribution in [0.2, 0.25) is 0 Å². The largest absolute Gasteiger partial charge is 0.395 e. The lowest BCUT2D eigenvalue weighted by Gasteiger charge is -2.09. The summed E-state index contributed by atoms with van der Waals surface area (Å²) in [5.74, 6) is 0. The molecule has 1 aliphatic heterocycles. The molecule has 0 aliphatic carbocycles. The van der Waals surface area contributed by atoms with Crippen molar-refractivity contribution in [2.75, 3.05) is 13.2 Å². The van der Waals surface area contributed by atoms with Gasteiger partial charge in [-0.3, -0.25) is 0 Å². The van der Waals surface area contributed by atoms with E-state index in [4.69, 9.17) is 10.2 Å². The second kappa shape index (κ2) is 2.44. The van der Waals surface area contributed by atoms with Gasteiger partial charge < -0.3 is 15.5 Å². The Labute approximate surface area is 48.3 Å². The van der Waals surface area contributed by atoms with E-state index in [-0.39, 0.29) is 18.8 Å². The van der Waals surface area contributed by atoms with Crippen LogP contribution in [0.5, 0.6) is 0 Å². The molecular formula is C5H11NO2. The van der Waals surface area contributed by atoms with Crippen LogP contribution < -0.4 is 5.32 Å². The molecule has 3 heteroatoms. The van der Waals surface area contributed by atoms with Gasteiger partial charge in [-0.25, -0.2) is 0 Å². The molecule has 8 heavy (non-hydrogen) atoms. The van der Waals surface area contributed by atoms with Crippen LogP contribution in [0.4, 0.5) is 0 Å². The fraction of sp³-hybridized carbons (Fsp3) is 1.00. The van der Waals surface area contributed by atoms with Crippen LogP contribution >= 0.6 is 0 Å². The molecule has 0 spiro atoms. The first-order valence-corrected chi connectivity index (χ1v) is 2.87. The highest BCUT2D eigenvalue weighted by molar-refractivity contribution is 4.81. The molecule has 1 aliphatic rings. The third-order valence-corrected chi connectivity index (χ3v) is 1.51. The van der Waals surface area contributed by atoms with Crippen molar-refractivity contribution in [3.05, 3.63) is 0 Å². The molecule has 0 amide bonds. The topological polar surface area (TPSA) is 52.5 Å². The van der Waals surface area contributed by atoms with Gasteiger partial charge in [-0.15, -0.1) is 0 Å². The van der Waals surface area contributed by atoms with E-state index in [1.165, 1.54) is 0 Å². The zero-order valence-corrected chi connectivity index (χ0v) is 4.67. The van der Waals surface area contributed by atoms with Gasteiger partial charge in [0.15, 0.2) is 0 Å². The summed E-state index contributed by atoms with van der Waals surface area (Å²) in [5.41, 5.74) is 0. The Hall–Kier alpha value is -0.120. The van der Waals surface area contributed by atoms with Crippen molar-refractivity contribution in [3.8, 4) is 0 Å². The summed E-state index contributed by atoms with van der Waals surface area (Å²) in [6.07, 6.45) is 0.436. The summed E-state index contributed by atoms with van der Waals surface area (Å²) in [4.78, 5) is 0. The van der Waals surface area contributed by atoms with Crippen LogP contribution in [0, 0.1) is 0 Å². The van der Waals surface area contributed by atoms with Gasteiger partial charge in [-0.2, -0.15) is 0 Å². The zero-order valence-electron chi connectivity index (χ0n) is 4.67. The second-order valence-corrected chi connectivity index (χ2v) is 2.10. The fourth-order valence-corrected chi connectivity index (χ4v) is 0.940. The van der Waals surface area contributed by atoms with E-state index in [1.807, 2.05) is 0 Å². The van der Waals surface area contributed by atoms with E-state index >= 15 is 0 Å². The third kappa shape index (κ3) is 0.992.